The molecule has 0 unspecified atom stereocenters. The van der Waals surface area contributed by atoms with Crippen LogP contribution < -0.4 is 10.2 Å². The first kappa shape index (κ1) is 34.6. The molecule has 244 valence electrons. The lowest BCUT2D eigenvalue weighted by atomic mass is 10.0. The number of rotatable bonds is 10. The summed E-state index contributed by atoms with van der Waals surface area (Å²) in [4.78, 5) is 28.6. The number of alkyl halides is 9. The predicted molar refractivity (Wildman–Crippen MR) is 153 cm³/mol. The molecule has 0 aliphatic heterocycles. The van der Waals surface area contributed by atoms with Crippen LogP contribution in [0.3, 0.4) is 0 Å². The van der Waals surface area contributed by atoms with E-state index in [1.165, 1.54) is 46.7 Å². The molecule has 1 amide bonds. The highest BCUT2D eigenvalue weighted by Crippen LogP contribution is 2.41. The smallest absolute Gasteiger partial charge is 0.446 e. The molecule has 6 nitrogen and oxygen atoms in total. The van der Waals surface area contributed by atoms with E-state index in [1.54, 1.807) is 12.1 Å². The molecule has 2 N–H and O–H groups in total. The molecule has 0 spiro atoms. The molecule has 0 fully saturated rings. The summed E-state index contributed by atoms with van der Waals surface area (Å²) >= 11 is 0.536. The summed E-state index contributed by atoms with van der Waals surface area (Å²) in [5.41, 5.74) is -7.17. The molecule has 0 radical (unpaired) electrons. The van der Waals surface area contributed by atoms with Crippen molar-refractivity contribution < 1.29 is 54.2 Å². The number of carboxylic acids is 1. The molecule has 0 aliphatic carbocycles. The summed E-state index contributed by atoms with van der Waals surface area (Å²) in [5, 5.41) is 12.5. The van der Waals surface area contributed by atoms with Gasteiger partial charge in [-0.25, -0.2) is 4.98 Å². The lowest BCUT2D eigenvalue weighted by Crippen LogP contribution is -2.26. The van der Waals surface area contributed by atoms with Crippen LogP contribution in [0.1, 0.15) is 33.5 Å². The first-order chi connectivity index (χ1) is 21.4. The van der Waals surface area contributed by atoms with Crippen LogP contribution in [0.15, 0.2) is 77.0 Å². The summed E-state index contributed by atoms with van der Waals surface area (Å²) in [6.07, 6.45) is -10.4. The van der Waals surface area contributed by atoms with E-state index >= 15 is 0 Å². The van der Waals surface area contributed by atoms with Crippen molar-refractivity contribution in [2.45, 2.75) is 35.7 Å². The third-order valence-corrected chi connectivity index (χ3v) is 7.77. The Labute approximate surface area is 262 Å². The van der Waals surface area contributed by atoms with E-state index in [4.69, 9.17) is 5.11 Å². The van der Waals surface area contributed by atoms with Gasteiger partial charge in [0.15, 0.2) is 5.13 Å². The number of thiazole rings is 1. The number of hydrogen-bond acceptors (Lipinski definition) is 6. The van der Waals surface area contributed by atoms with Gasteiger partial charge in [-0.15, -0.1) is 11.3 Å². The number of nitrogens with zero attached hydrogens (tertiary/aromatic N) is 2. The number of carbonyl (C=O) groups is 2. The van der Waals surface area contributed by atoms with Gasteiger partial charge in [0.1, 0.15) is 0 Å². The van der Waals surface area contributed by atoms with Gasteiger partial charge in [-0.05, 0) is 71.9 Å². The molecular weight excluding hydrogens is 673 g/mol. The quantitative estimate of drug-likeness (QED) is 0.128. The second-order valence-corrected chi connectivity index (χ2v) is 11.5. The Balaban J connectivity index is 1.68. The molecule has 0 atom stereocenters. The minimum atomic E-state index is -5.07. The Kier molecular flexibility index (Phi) is 10.3. The standard InChI is InChI=1S/C29H20F9N3O3S2/c30-27(31,32)19-11-18(12-20(13-19)28(33,34)35)23-15-45-26(40-23)41(21-5-7-22(8-6-21)46-29(36,37)38)14-16-1-3-17(4-2-16)25(44)39-10-9-24(42)43/h1-8,11-13,15H,9-10,14H2,(H,39,44)(H,42,43). The van der Waals surface area contributed by atoms with Gasteiger partial charge in [0.25, 0.3) is 5.91 Å². The Morgan fingerprint density at radius 2 is 1.43 bits per heavy atom. The number of halogens is 9. The number of anilines is 2. The van der Waals surface area contributed by atoms with Crippen molar-refractivity contribution in [3.05, 3.63) is 94.4 Å². The first-order valence-electron chi connectivity index (χ1n) is 12.9. The van der Waals surface area contributed by atoms with Crippen molar-refractivity contribution >= 4 is 45.8 Å². The molecule has 46 heavy (non-hydrogen) atoms. The van der Waals surface area contributed by atoms with Crippen LogP contribution in [-0.4, -0.2) is 34.0 Å². The summed E-state index contributed by atoms with van der Waals surface area (Å²) in [6.45, 7) is -0.120. The summed E-state index contributed by atoms with van der Waals surface area (Å²) < 4.78 is 119. The zero-order valence-corrected chi connectivity index (χ0v) is 24.6. The van der Waals surface area contributed by atoms with E-state index in [0.717, 1.165) is 11.3 Å². The number of carbonyl (C=O) groups excluding carboxylic acids is 1. The van der Waals surface area contributed by atoms with Crippen LogP contribution in [0.2, 0.25) is 0 Å². The van der Waals surface area contributed by atoms with Crippen LogP contribution in [-0.2, 0) is 23.7 Å². The molecule has 0 saturated carbocycles. The van der Waals surface area contributed by atoms with Gasteiger partial charge in [0, 0.05) is 33.6 Å². The lowest BCUT2D eigenvalue weighted by molar-refractivity contribution is -0.143. The second kappa shape index (κ2) is 13.6. The number of nitrogens with one attached hydrogen (secondary N) is 1. The lowest BCUT2D eigenvalue weighted by Gasteiger charge is -2.23. The number of aromatic nitrogens is 1. The molecule has 0 saturated heterocycles. The van der Waals surface area contributed by atoms with Gasteiger partial charge in [-0.2, -0.15) is 39.5 Å². The molecule has 1 heterocycles. The molecule has 17 heteroatoms. The van der Waals surface area contributed by atoms with Crippen LogP contribution in [0.25, 0.3) is 11.3 Å². The zero-order valence-electron chi connectivity index (χ0n) is 22.9. The third kappa shape index (κ3) is 9.38. The highest BCUT2D eigenvalue weighted by molar-refractivity contribution is 8.00. The highest BCUT2D eigenvalue weighted by atomic mass is 32.2. The minimum Gasteiger partial charge on any atom is -0.481 e. The SMILES string of the molecule is O=C(O)CCNC(=O)c1ccc(CN(c2ccc(SC(F)(F)F)cc2)c2nc(-c3cc(C(F)(F)F)cc(C(F)(F)F)c3)cs2)cc1. The van der Waals surface area contributed by atoms with Gasteiger partial charge in [-0.3, -0.25) is 9.59 Å². The monoisotopic (exact) mass is 693 g/mol. The normalized spacial score (nSPS) is 12.2. The average molecular weight is 694 g/mol. The number of hydrogen-bond donors (Lipinski definition) is 2. The van der Waals surface area contributed by atoms with Crippen molar-refractivity contribution in [3.63, 3.8) is 0 Å². The van der Waals surface area contributed by atoms with Crippen molar-refractivity contribution in [2.75, 3.05) is 11.4 Å². The molecule has 0 aliphatic rings. The molecule has 4 rings (SSSR count). The third-order valence-electron chi connectivity index (χ3n) is 6.17. The minimum absolute atomic E-state index is 0.000315. The maximum Gasteiger partial charge on any atom is 0.446 e. The van der Waals surface area contributed by atoms with Crippen LogP contribution in [0, 0.1) is 0 Å². The number of aliphatic carboxylic acids is 1. The van der Waals surface area contributed by atoms with Crippen LogP contribution in [0.5, 0.6) is 0 Å². The van der Waals surface area contributed by atoms with Crippen molar-refractivity contribution in [2.24, 2.45) is 0 Å². The number of amides is 1. The van der Waals surface area contributed by atoms with E-state index in [0.29, 0.717) is 23.4 Å². The second-order valence-electron chi connectivity index (χ2n) is 9.53. The van der Waals surface area contributed by atoms with Crippen molar-refractivity contribution in [1.82, 2.24) is 10.3 Å². The summed E-state index contributed by atoms with van der Waals surface area (Å²) in [6, 6.07) is 12.2. The molecule has 1 aromatic heterocycles. The molecular formula is C29H20F9N3O3S2. The highest BCUT2D eigenvalue weighted by Gasteiger charge is 2.37. The van der Waals surface area contributed by atoms with E-state index in [1.807, 2.05) is 0 Å². The molecule has 4 aromatic rings. The van der Waals surface area contributed by atoms with Crippen LogP contribution in [0.4, 0.5) is 50.3 Å². The Hall–Kier alpha value is -4.25. The fourth-order valence-electron chi connectivity index (χ4n) is 4.05. The van der Waals surface area contributed by atoms with E-state index < -0.39 is 46.4 Å². The molecule has 0 bridgehead atoms. The van der Waals surface area contributed by atoms with Crippen molar-refractivity contribution in [3.8, 4) is 11.3 Å². The Bertz CT molecular complexity index is 1650. The zero-order chi connectivity index (χ0) is 33.9. The van der Waals surface area contributed by atoms with E-state index in [-0.39, 0.29) is 58.6 Å². The van der Waals surface area contributed by atoms with Gasteiger partial charge in [-0.1, -0.05) is 12.1 Å². The van der Waals surface area contributed by atoms with E-state index in [9.17, 15) is 49.1 Å². The topological polar surface area (TPSA) is 82.5 Å². The largest absolute Gasteiger partial charge is 0.481 e. The number of benzene rings is 3. The van der Waals surface area contributed by atoms with Gasteiger partial charge >= 0.3 is 23.8 Å². The fraction of sp³-hybridized carbons (Fsp3) is 0.207. The van der Waals surface area contributed by atoms with Gasteiger partial charge in [0.2, 0.25) is 0 Å². The maximum absolute atomic E-state index is 13.4. The van der Waals surface area contributed by atoms with E-state index in [2.05, 4.69) is 10.3 Å². The fourth-order valence-corrected chi connectivity index (χ4v) is 5.44. The maximum atomic E-state index is 13.4. The van der Waals surface area contributed by atoms with Gasteiger partial charge < -0.3 is 15.3 Å². The van der Waals surface area contributed by atoms with Gasteiger partial charge in [0.05, 0.1) is 29.8 Å². The molecule has 3 aromatic carbocycles. The number of carboxylic acid groups (broad SMARTS) is 1. The Morgan fingerprint density at radius 1 is 0.848 bits per heavy atom. The predicted octanol–water partition coefficient (Wildman–Crippen LogP) is 9.00. The number of thioether (sulfide) groups is 1. The first-order valence-corrected chi connectivity index (χ1v) is 14.6. The van der Waals surface area contributed by atoms with Crippen molar-refractivity contribution in [1.29, 1.82) is 0 Å². The average Bonchev–Trinajstić information content (AvgIpc) is 3.45. The summed E-state index contributed by atoms with van der Waals surface area (Å²) in [5.74, 6) is -1.63. The van der Waals surface area contributed by atoms with Crippen LogP contribution >= 0.6 is 23.1 Å². The summed E-state index contributed by atoms with van der Waals surface area (Å²) in [7, 11) is 0. The Morgan fingerprint density at radius 3 is 1.96 bits per heavy atom.